The Morgan fingerprint density at radius 1 is 1.10 bits per heavy atom. The SMILES string of the molecule is CCc1cccc(-c2cc(Nc3cccc(C(=O)O)c3)n(-c3cnccc3C)n2)c1. The third-order valence-corrected chi connectivity index (χ3v) is 4.96. The van der Waals surface area contributed by atoms with Crippen molar-refractivity contribution in [1.82, 2.24) is 14.8 Å². The van der Waals surface area contributed by atoms with Crippen LogP contribution in [0, 0.1) is 6.92 Å². The highest BCUT2D eigenvalue weighted by molar-refractivity contribution is 5.89. The van der Waals surface area contributed by atoms with E-state index in [1.807, 2.05) is 41.9 Å². The Morgan fingerprint density at radius 2 is 1.93 bits per heavy atom. The Hall–Kier alpha value is -3.93. The quantitative estimate of drug-likeness (QED) is 0.464. The van der Waals surface area contributed by atoms with E-state index in [1.165, 1.54) is 5.56 Å². The summed E-state index contributed by atoms with van der Waals surface area (Å²) >= 11 is 0. The van der Waals surface area contributed by atoms with Crippen LogP contribution in [0.15, 0.2) is 73.1 Å². The molecule has 0 aliphatic heterocycles. The molecular weight excluding hydrogens is 376 g/mol. The first-order valence-corrected chi connectivity index (χ1v) is 9.76. The van der Waals surface area contributed by atoms with E-state index in [-0.39, 0.29) is 5.56 Å². The van der Waals surface area contributed by atoms with Gasteiger partial charge in [0.15, 0.2) is 0 Å². The lowest BCUT2D eigenvalue weighted by molar-refractivity contribution is 0.0697. The number of aryl methyl sites for hydroxylation is 2. The number of carboxylic acid groups (broad SMARTS) is 1. The summed E-state index contributed by atoms with van der Waals surface area (Å²) in [6.45, 7) is 4.13. The minimum Gasteiger partial charge on any atom is -0.478 e. The maximum atomic E-state index is 11.3. The highest BCUT2D eigenvalue weighted by atomic mass is 16.4. The van der Waals surface area contributed by atoms with Crippen molar-refractivity contribution in [2.75, 3.05) is 5.32 Å². The van der Waals surface area contributed by atoms with Gasteiger partial charge in [-0.1, -0.05) is 31.2 Å². The first kappa shape index (κ1) is 19.4. The van der Waals surface area contributed by atoms with Gasteiger partial charge in [0.25, 0.3) is 0 Å². The number of hydrogen-bond acceptors (Lipinski definition) is 4. The summed E-state index contributed by atoms with van der Waals surface area (Å²) in [5.41, 5.74) is 5.87. The number of nitrogens with zero attached hydrogens (tertiary/aromatic N) is 3. The molecule has 0 unspecified atom stereocenters. The zero-order valence-corrected chi connectivity index (χ0v) is 16.8. The minimum atomic E-state index is -0.965. The molecule has 0 fully saturated rings. The van der Waals surface area contributed by atoms with Gasteiger partial charge in [-0.25, -0.2) is 9.48 Å². The maximum Gasteiger partial charge on any atom is 0.335 e. The molecule has 4 aromatic rings. The van der Waals surface area contributed by atoms with Crippen LogP contribution in [-0.2, 0) is 6.42 Å². The zero-order valence-electron chi connectivity index (χ0n) is 16.8. The van der Waals surface area contributed by atoms with Crippen molar-refractivity contribution in [3.05, 3.63) is 89.7 Å². The van der Waals surface area contributed by atoms with Gasteiger partial charge in [-0.2, -0.15) is 5.10 Å². The van der Waals surface area contributed by atoms with E-state index in [9.17, 15) is 9.90 Å². The van der Waals surface area contributed by atoms with Crippen LogP contribution in [0.5, 0.6) is 0 Å². The second kappa shape index (κ2) is 8.21. The van der Waals surface area contributed by atoms with Crippen LogP contribution < -0.4 is 5.32 Å². The number of carbonyl (C=O) groups is 1. The molecule has 0 atom stereocenters. The molecule has 150 valence electrons. The molecule has 2 N–H and O–H groups in total. The third kappa shape index (κ3) is 3.93. The number of anilines is 2. The maximum absolute atomic E-state index is 11.3. The summed E-state index contributed by atoms with van der Waals surface area (Å²) < 4.78 is 1.81. The lowest BCUT2D eigenvalue weighted by Crippen LogP contribution is -2.05. The Kier molecular flexibility index (Phi) is 5.30. The number of nitrogens with one attached hydrogen (secondary N) is 1. The molecule has 0 bridgehead atoms. The predicted octanol–water partition coefficient (Wildman–Crippen LogP) is 5.25. The summed E-state index contributed by atoms with van der Waals surface area (Å²) in [7, 11) is 0. The average Bonchev–Trinajstić information content (AvgIpc) is 3.18. The van der Waals surface area contributed by atoms with Crippen LogP contribution >= 0.6 is 0 Å². The van der Waals surface area contributed by atoms with Gasteiger partial charge in [0, 0.05) is 23.5 Å². The van der Waals surface area contributed by atoms with Gasteiger partial charge in [0.05, 0.1) is 23.1 Å². The van der Waals surface area contributed by atoms with Crippen molar-refractivity contribution >= 4 is 17.5 Å². The molecule has 0 amide bonds. The van der Waals surface area contributed by atoms with Gasteiger partial charge in [-0.05, 0) is 54.8 Å². The van der Waals surface area contributed by atoms with E-state index >= 15 is 0 Å². The Labute approximate surface area is 174 Å². The van der Waals surface area contributed by atoms with Crippen LogP contribution in [0.2, 0.25) is 0 Å². The Bertz CT molecular complexity index is 1210. The second-order valence-corrected chi connectivity index (χ2v) is 7.05. The summed E-state index contributed by atoms with van der Waals surface area (Å²) in [5, 5.41) is 17.5. The first-order chi connectivity index (χ1) is 14.5. The van der Waals surface area contributed by atoms with Crippen LogP contribution in [0.1, 0.15) is 28.4 Å². The largest absolute Gasteiger partial charge is 0.478 e. The molecule has 0 aliphatic carbocycles. The summed E-state index contributed by atoms with van der Waals surface area (Å²) in [4.78, 5) is 15.6. The Balaban J connectivity index is 1.81. The molecule has 2 aromatic carbocycles. The molecular formula is C24H22N4O2. The molecule has 2 heterocycles. The lowest BCUT2D eigenvalue weighted by Gasteiger charge is -2.11. The van der Waals surface area contributed by atoms with E-state index in [2.05, 4.69) is 29.4 Å². The van der Waals surface area contributed by atoms with Gasteiger partial charge in [-0.15, -0.1) is 0 Å². The van der Waals surface area contributed by atoms with Crippen molar-refractivity contribution in [1.29, 1.82) is 0 Å². The van der Waals surface area contributed by atoms with Gasteiger partial charge in [0.1, 0.15) is 5.82 Å². The average molecular weight is 398 g/mol. The molecule has 30 heavy (non-hydrogen) atoms. The highest BCUT2D eigenvalue weighted by Crippen LogP contribution is 2.29. The van der Waals surface area contributed by atoms with Crippen LogP contribution in [0.3, 0.4) is 0 Å². The van der Waals surface area contributed by atoms with Gasteiger partial charge in [0.2, 0.25) is 0 Å². The van der Waals surface area contributed by atoms with Gasteiger partial charge < -0.3 is 10.4 Å². The third-order valence-electron chi connectivity index (χ3n) is 4.96. The highest BCUT2D eigenvalue weighted by Gasteiger charge is 2.14. The number of rotatable bonds is 6. The molecule has 4 rings (SSSR count). The second-order valence-electron chi connectivity index (χ2n) is 7.05. The van der Waals surface area contributed by atoms with Crippen LogP contribution in [0.25, 0.3) is 16.9 Å². The monoisotopic (exact) mass is 398 g/mol. The molecule has 0 aliphatic rings. The smallest absolute Gasteiger partial charge is 0.335 e. The lowest BCUT2D eigenvalue weighted by atomic mass is 10.1. The Morgan fingerprint density at radius 3 is 2.70 bits per heavy atom. The standard InChI is InChI=1S/C24H22N4O2/c1-3-17-6-4-7-18(12-17)21-14-23(26-20-9-5-8-19(13-20)24(29)30)28(27-21)22-15-25-11-10-16(22)2/h4-15,26H,3H2,1-2H3,(H,29,30). The number of benzene rings is 2. The van der Waals surface area contributed by atoms with Crippen molar-refractivity contribution in [2.24, 2.45) is 0 Å². The number of aromatic nitrogens is 3. The van der Waals surface area contributed by atoms with E-state index < -0.39 is 5.97 Å². The fourth-order valence-electron chi connectivity index (χ4n) is 3.30. The summed E-state index contributed by atoms with van der Waals surface area (Å²) in [6, 6.07) is 18.9. The normalized spacial score (nSPS) is 10.7. The first-order valence-electron chi connectivity index (χ1n) is 9.76. The fraction of sp³-hybridized carbons (Fsp3) is 0.125. The van der Waals surface area contributed by atoms with Gasteiger partial charge >= 0.3 is 5.97 Å². The van der Waals surface area contributed by atoms with E-state index in [0.717, 1.165) is 34.7 Å². The minimum absolute atomic E-state index is 0.222. The fourth-order valence-corrected chi connectivity index (χ4v) is 3.30. The molecule has 6 heteroatoms. The molecule has 0 saturated heterocycles. The van der Waals surface area contributed by atoms with E-state index in [1.54, 1.807) is 30.6 Å². The molecule has 2 aromatic heterocycles. The van der Waals surface area contributed by atoms with Crippen LogP contribution in [-0.4, -0.2) is 25.8 Å². The molecule has 0 spiro atoms. The van der Waals surface area contributed by atoms with Crippen molar-refractivity contribution in [3.63, 3.8) is 0 Å². The molecule has 0 radical (unpaired) electrons. The predicted molar refractivity (Wildman–Crippen MR) is 118 cm³/mol. The van der Waals surface area contributed by atoms with Crippen molar-refractivity contribution in [2.45, 2.75) is 20.3 Å². The van der Waals surface area contributed by atoms with Crippen molar-refractivity contribution < 1.29 is 9.90 Å². The zero-order chi connectivity index (χ0) is 21.1. The van der Waals surface area contributed by atoms with Gasteiger partial charge in [-0.3, -0.25) is 4.98 Å². The summed E-state index contributed by atoms with van der Waals surface area (Å²) in [6.07, 6.45) is 4.47. The summed E-state index contributed by atoms with van der Waals surface area (Å²) in [5.74, 6) is -0.238. The number of pyridine rings is 1. The number of aromatic carboxylic acids is 1. The topological polar surface area (TPSA) is 80.0 Å². The molecule has 0 saturated carbocycles. The number of carboxylic acids is 1. The van der Waals surface area contributed by atoms with Crippen LogP contribution in [0.4, 0.5) is 11.5 Å². The van der Waals surface area contributed by atoms with E-state index in [0.29, 0.717) is 5.69 Å². The van der Waals surface area contributed by atoms with E-state index in [4.69, 9.17) is 5.10 Å². The van der Waals surface area contributed by atoms with Crippen molar-refractivity contribution in [3.8, 4) is 16.9 Å². The number of hydrogen-bond donors (Lipinski definition) is 2. The molecule has 6 nitrogen and oxygen atoms in total.